The highest BCUT2D eigenvalue weighted by molar-refractivity contribution is 5.78. The van der Waals surface area contributed by atoms with Crippen molar-refractivity contribution in [2.24, 2.45) is 0 Å². The number of benzene rings is 1. The number of aliphatic hydroxyl groups excluding tert-OH is 1. The second-order valence-corrected chi connectivity index (χ2v) is 4.51. The van der Waals surface area contributed by atoms with Crippen LogP contribution in [-0.4, -0.2) is 24.2 Å². The minimum Gasteiger partial charge on any atom is -0.396 e. The fourth-order valence-corrected chi connectivity index (χ4v) is 1.70. The average molecular weight is 289 g/mol. The molecule has 0 saturated carbocycles. The highest BCUT2D eigenvalue weighted by Gasteiger charge is 2.29. The lowest BCUT2D eigenvalue weighted by atomic mass is 10.1. The van der Waals surface area contributed by atoms with Crippen molar-refractivity contribution in [1.82, 2.24) is 5.32 Å². The van der Waals surface area contributed by atoms with Crippen molar-refractivity contribution in [2.45, 2.75) is 31.9 Å². The van der Waals surface area contributed by atoms with Crippen molar-refractivity contribution in [3.63, 3.8) is 0 Å². The molecule has 0 radical (unpaired) electrons. The number of alkyl halides is 3. The molecule has 20 heavy (non-hydrogen) atoms. The summed E-state index contributed by atoms with van der Waals surface area (Å²) in [5.41, 5.74) is -0.170. The van der Waals surface area contributed by atoms with Gasteiger partial charge in [0.2, 0.25) is 5.91 Å². The number of carbonyl (C=O) groups is 1. The number of nitrogens with one attached hydrogen (secondary N) is 1. The van der Waals surface area contributed by atoms with E-state index in [1.165, 1.54) is 12.1 Å². The molecule has 0 spiro atoms. The van der Waals surface area contributed by atoms with Gasteiger partial charge in [0.25, 0.3) is 0 Å². The fourth-order valence-electron chi connectivity index (χ4n) is 1.70. The van der Waals surface area contributed by atoms with E-state index in [9.17, 15) is 18.0 Å². The lowest BCUT2D eigenvalue weighted by Gasteiger charge is -2.08. The molecule has 0 aliphatic heterocycles. The SMILES string of the molecule is O=C(Cc1ccc(C(F)(F)F)cc1)NCCCCCO. The molecule has 0 unspecified atom stereocenters. The van der Waals surface area contributed by atoms with Crippen LogP contribution in [0.25, 0.3) is 0 Å². The molecule has 0 saturated heterocycles. The molecule has 0 atom stereocenters. The van der Waals surface area contributed by atoms with Crippen molar-refractivity contribution in [3.8, 4) is 0 Å². The van der Waals surface area contributed by atoms with Gasteiger partial charge in [0.15, 0.2) is 0 Å². The summed E-state index contributed by atoms with van der Waals surface area (Å²) < 4.78 is 37.1. The topological polar surface area (TPSA) is 49.3 Å². The number of hydrogen-bond donors (Lipinski definition) is 2. The van der Waals surface area contributed by atoms with Crippen molar-refractivity contribution in [3.05, 3.63) is 35.4 Å². The van der Waals surface area contributed by atoms with Crippen LogP contribution in [0.4, 0.5) is 13.2 Å². The summed E-state index contributed by atoms with van der Waals surface area (Å²) in [5.74, 6) is -0.214. The number of aliphatic hydroxyl groups is 1. The Morgan fingerprint density at radius 2 is 1.75 bits per heavy atom. The lowest BCUT2D eigenvalue weighted by molar-refractivity contribution is -0.137. The Morgan fingerprint density at radius 3 is 2.30 bits per heavy atom. The van der Waals surface area contributed by atoms with Crippen LogP contribution in [0.3, 0.4) is 0 Å². The van der Waals surface area contributed by atoms with E-state index in [0.717, 1.165) is 25.0 Å². The Morgan fingerprint density at radius 1 is 1.10 bits per heavy atom. The Hall–Kier alpha value is -1.56. The monoisotopic (exact) mass is 289 g/mol. The minimum atomic E-state index is -4.35. The summed E-state index contributed by atoms with van der Waals surface area (Å²) in [6.45, 7) is 0.652. The van der Waals surface area contributed by atoms with Gasteiger partial charge in [-0.2, -0.15) is 13.2 Å². The summed E-state index contributed by atoms with van der Waals surface area (Å²) in [6, 6.07) is 4.58. The van der Waals surface area contributed by atoms with Crippen LogP contribution in [-0.2, 0) is 17.4 Å². The summed E-state index contributed by atoms with van der Waals surface area (Å²) in [7, 11) is 0. The molecule has 1 aromatic carbocycles. The van der Waals surface area contributed by atoms with Crippen molar-refractivity contribution < 1.29 is 23.1 Å². The Kier molecular flexibility index (Phi) is 6.51. The van der Waals surface area contributed by atoms with Crippen molar-refractivity contribution in [2.75, 3.05) is 13.2 Å². The first-order valence-electron chi connectivity index (χ1n) is 6.47. The van der Waals surface area contributed by atoms with Crippen LogP contribution in [0, 0.1) is 0 Å². The molecule has 1 rings (SSSR count). The van der Waals surface area contributed by atoms with Gasteiger partial charge >= 0.3 is 6.18 Å². The van der Waals surface area contributed by atoms with Crippen LogP contribution in [0.2, 0.25) is 0 Å². The quantitative estimate of drug-likeness (QED) is 0.758. The van der Waals surface area contributed by atoms with E-state index in [2.05, 4.69) is 5.32 Å². The number of hydrogen-bond acceptors (Lipinski definition) is 2. The molecular weight excluding hydrogens is 271 g/mol. The first-order valence-corrected chi connectivity index (χ1v) is 6.47. The van der Waals surface area contributed by atoms with Gasteiger partial charge in [-0.05, 0) is 37.0 Å². The molecule has 112 valence electrons. The van der Waals surface area contributed by atoms with E-state index in [1.807, 2.05) is 0 Å². The van der Waals surface area contributed by atoms with E-state index in [-0.39, 0.29) is 18.9 Å². The van der Waals surface area contributed by atoms with E-state index in [4.69, 9.17) is 5.11 Å². The Labute approximate surface area is 115 Å². The van der Waals surface area contributed by atoms with Gasteiger partial charge in [0.05, 0.1) is 12.0 Å². The lowest BCUT2D eigenvalue weighted by Crippen LogP contribution is -2.26. The van der Waals surface area contributed by atoms with Crippen molar-refractivity contribution in [1.29, 1.82) is 0 Å². The maximum absolute atomic E-state index is 12.4. The third-order valence-electron chi connectivity index (χ3n) is 2.80. The summed E-state index contributed by atoms with van der Waals surface area (Å²) >= 11 is 0. The predicted octanol–water partition coefficient (Wildman–Crippen LogP) is 2.53. The summed E-state index contributed by atoms with van der Waals surface area (Å²) in [4.78, 5) is 11.5. The number of amides is 1. The number of carbonyl (C=O) groups excluding carboxylic acids is 1. The summed E-state index contributed by atoms with van der Waals surface area (Å²) in [6.07, 6.45) is -1.98. The van der Waals surface area contributed by atoms with Crippen LogP contribution < -0.4 is 5.32 Å². The molecule has 1 aromatic rings. The number of unbranched alkanes of at least 4 members (excludes halogenated alkanes) is 2. The zero-order valence-electron chi connectivity index (χ0n) is 11.0. The Bertz CT molecular complexity index is 415. The van der Waals surface area contributed by atoms with E-state index < -0.39 is 11.7 Å². The molecular formula is C14H18F3NO2. The molecule has 3 nitrogen and oxygen atoms in total. The van der Waals surface area contributed by atoms with Gasteiger partial charge in [-0.15, -0.1) is 0 Å². The van der Waals surface area contributed by atoms with Gasteiger partial charge in [0.1, 0.15) is 0 Å². The molecule has 6 heteroatoms. The van der Waals surface area contributed by atoms with E-state index in [1.54, 1.807) is 0 Å². The zero-order chi connectivity index (χ0) is 15.0. The molecule has 0 aliphatic rings. The number of halogens is 3. The van der Waals surface area contributed by atoms with Gasteiger partial charge in [0, 0.05) is 13.2 Å². The Balaban J connectivity index is 2.35. The van der Waals surface area contributed by atoms with E-state index in [0.29, 0.717) is 18.5 Å². The molecule has 0 aromatic heterocycles. The standard InChI is InChI=1S/C14H18F3NO2/c15-14(16,17)12-6-4-11(5-7-12)10-13(20)18-8-2-1-3-9-19/h4-7,19H,1-3,8-10H2,(H,18,20). The normalized spacial score (nSPS) is 11.4. The molecule has 0 bridgehead atoms. The molecule has 0 heterocycles. The molecule has 1 amide bonds. The van der Waals surface area contributed by atoms with E-state index >= 15 is 0 Å². The second-order valence-electron chi connectivity index (χ2n) is 4.51. The van der Waals surface area contributed by atoms with Crippen molar-refractivity contribution >= 4 is 5.91 Å². The van der Waals surface area contributed by atoms with Crippen LogP contribution in [0.5, 0.6) is 0 Å². The largest absolute Gasteiger partial charge is 0.416 e. The van der Waals surface area contributed by atoms with Gasteiger partial charge in [-0.25, -0.2) is 0 Å². The van der Waals surface area contributed by atoms with Crippen LogP contribution >= 0.6 is 0 Å². The summed E-state index contributed by atoms with van der Waals surface area (Å²) in [5, 5.41) is 11.3. The second kappa shape index (κ2) is 7.89. The molecule has 2 N–H and O–H groups in total. The van der Waals surface area contributed by atoms with Crippen LogP contribution in [0.15, 0.2) is 24.3 Å². The maximum atomic E-state index is 12.4. The first kappa shape index (κ1) is 16.5. The van der Waals surface area contributed by atoms with Gasteiger partial charge in [-0.3, -0.25) is 4.79 Å². The first-order chi connectivity index (χ1) is 9.43. The molecule has 0 aliphatic carbocycles. The third-order valence-corrected chi connectivity index (χ3v) is 2.80. The third kappa shape index (κ3) is 6.06. The maximum Gasteiger partial charge on any atom is 0.416 e. The smallest absolute Gasteiger partial charge is 0.396 e. The molecule has 0 fully saturated rings. The predicted molar refractivity (Wildman–Crippen MR) is 69.1 cm³/mol. The highest BCUT2D eigenvalue weighted by Crippen LogP contribution is 2.29. The zero-order valence-corrected chi connectivity index (χ0v) is 11.0. The average Bonchev–Trinajstić information content (AvgIpc) is 2.38. The van der Waals surface area contributed by atoms with Gasteiger partial charge < -0.3 is 10.4 Å². The highest BCUT2D eigenvalue weighted by atomic mass is 19.4. The van der Waals surface area contributed by atoms with Gasteiger partial charge in [-0.1, -0.05) is 12.1 Å². The number of rotatable bonds is 7. The fraction of sp³-hybridized carbons (Fsp3) is 0.500. The minimum absolute atomic E-state index is 0.0676. The van der Waals surface area contributed by atoms with Crippen LogP contribution in [0.1, 0.15) is 30.4 Å².